The third-order valence-corrected chi connectivity index (χ3v) is 5.41. The lowest BCUT2D eigenvalue weighted by molar-refractivity contribution is -0.130. The lowest BCUT2D eigenvalue weighted by Crippen LogP contribution is -2.31. The number of amides is 1. The van der Waals surface area contributed by atoms with Crippen LogP contribution in [0.3, 0.4) is 0 Å². The lowest BCUT2D eigenvalue weighted by atomic mass is 9.95. The van der Waals surface area contributed by atoms with E-state index in [0.717, 1.165) is 0 Å². The van der Waals surface area contributed by atoms with Gasteiger partial charge in [-0.2, -0.15) is 0 Å². The Balaban J connectivity index is 1.79. The van der Waals surface area contributed by atoms with Crippen LogP contribution in [-0.2, 0) is 11.3 Å². The minimum Gasteiger partial charge on any atom is -0.503 e. The molecule has 28 heavy (non-hydrogen) atoms. The molecule has 2 aromatic heterocycles. The van der Waals surface area contributed by atoms with Gasteiger partial charge in [-0.1, -0.05) is 24.3 Å². The summed E-state index contributed by atoms with van der Waals surface area (Å²) in [6, 6.07) is 13.4. The first-order valence-corrected chi connectivity index (χ1v) is 9.42. The molecule has 0 aliphatic carbocycles. The highest BCUT2D eigenvalue weighted by molar-refractivity contribution is 7.12. The Morgan fingerprint density at radius 2 is 1.93 bits per heavy atom. The van der Waals surface area contributed by atoms with E-state index in [9.17, 15) is 19.1 Å². The van der Waals surface area contributed by atoms with Crippen molar-refractivity contribution in [3.63, 3.8) is 0 Å². The van der Waals surface area contributed by atoms with Crippen LogP contribution in [0.15, 0.2) is 77.5 Å². The fourth-order valence-corrected chi connectivity index (χ4v) is 3.92. The highest BCUT2D eigenvalue weighted by Crippen LogP contribution is 2.40. The summed E-state index contributed by atoms with van der Waals surface area (Å²) in [5, 5.41) is 12.3. The van der Waals surface area contributed by atoms with E-state index < -0.39 is 29.3 Å². The fraction of sp³-hybridized carbons (Fsp3) is 0.0952. The summed E-state index contributed by atoms with van der Waals surface area (Å²) in [6.07, 6.45) is 1.60. The third-order valence-electron chi connectivity index (χ3n) is 4.54. The van der Waals surface area contributed by atoms with E-state index >= 15 is 0 Å². The minimum atomic E-state index is -0.829. The molecule has 5 nitrogen and oxygen atoms in total. The van der Waals surface area contributed by atoms with E-state index in [4.69, 9.17) is 0 Å². The van der Waals surface area contributed by atoms with Gasteiger partial charge >= 0.3 is 0 Å². The van der Waals surface area contributed by atoms with Crippen LogP contribution >= 0.6 is 11.3 Å². The van der Waals surface area contributed by atoms with E-state index in [0.29, 0.717) is 16.1 Å². The highest BCUT2D eigenvalue weighted by Gasteiger charge is 2.44. The monoisotopic (exact) mass is 394 g/mol. The summed E-state index contributed by atoms with van der Waals surface area (Å²) in [7, 11) is 0. The number of hydrogen-bond acceptors (Lipinski definition) is 5. The van der Waals surface area contributed by atoms with Gasteiger partial charge in [-0.25, -0.2) is 4.39 Å². The number of carbonyl (C=O) groups is 2. The number of Topliss-reactive ketones (excluding diaryl/α,β-unsaturated/α-hetero) is 1. The van der Waals surface area contributed by atoms with Gasteiger partial charge in [-0.3, -0.25) is 14.6 Å². The van der Waals surface area contributed by atoms with Crippen LogP contribution in [0.1, 0.15) is 27.0 Å². The lowest BCUT2D eigenvalue weighted by Gasteiger charge is -2.26. The second-order valence-corrected chi connectivity index (χ2v) is 7.22. The number of aliphatic hydroxyl groups is 1. The van der Waals surface area contributed by atoms with Gasteiger partial charge in [0.15, 0.2) is 5.76 Å². The van der Waals surface area contributed by atoms with Crippen molar-refractivity contribution >= 4 is 23.0 Å². The van der Waals surface area contributed by atoms with E-state index in [1.807, 2.05) is 0 Å². The number of rotatable bonds is 5. The first-order valence-electron chi connectivity index (χ1n) is 8.54. The number of aliphatic hydroxyl groups excluding tert-OH is 1. The molecule has 7 heteroatoms. The van der Waals surface area contributed by atoms with Gasteiger partial charge in [0.05, 0.1) is 28.7 Å². The van der Waals surface area contributed by atoms with Gasteiger partial charge < -0.3 is 10.0 Å². The number of pyridine rings is 1. The van der Waals surface area contributed by atoms with Crippen LogP contribution in [0.4, 0.5) is 4.39 Å². The molecule has 1 N–H and O–H groups in total. The largest absolute Gasteiger partial charge is 0.503 e. The van der Waals surface area contributed by atoms with Crippen molar-refractivity contribution in [1.82, 2.24) is 9.88 Å². The first-order chi connectivity index (χ1) is 13.6. The van der Waals surface area contributed by atoms with Gasteiger partial charge in [-0.05, 0) is 41.3 Å². The molecule has 1 aromatic carbocycles. The predicted molar refractivity (Wildman–Crippen MR) is 102 cm³/mol. The summed E-state index contributed by atoms with van der Waals surface area (Å²) >= 11 is 1.23. The Morgan fingerprint density at radius 1 is 1.14 bits per heavy atom. The van der Waals surface area contributed by atoms with Crippen LogP contribution in [-0.4, -0.2) is 26.7 Å². The SMILES string of the molecule is O=C(C1=C(O)C(=O)N(Cc2ccccn2)C1c1ccc(F)cc1)c1cccs1. The summed E-state index contributed by atoms with van der Waals surface area (Å²) in [4.78, 5) is 31.9. The molecule has 0 saturated carbocycles. The smallest absolute Gasteiger partial charge is 0.290 e. The zero-order valence-electron chi connectivity index (χ0n) is 14.6. The zero-order chi connectivity index (χ0) is 19.7. The van der Waals surface area contributed by atoms with Crippen molar-refractivity contribution in [2.45, 2.75) is 12.6 Å². The normalized spacial score (nSPS) is 16.7. The second-order valence-electron chi connectivity index (χ2n) is 6.28. The molecule has 3 heterocycles. The zero-order valence-corrected chi connectivity index (χ0v) is 15.4. The molecule has 140 valence electrons. The van der Waals surface area contributed by atoms with Gasteiger partial charge in [-0.15, -0.1) is 11.3 Å². The maximum Gasteiger partial charge on any atom is 0.290 e. The van der Waals surface area contributed by atoms with Crippen molar-refractivity contribution in [3.8, 4) is 0 Å². The summed E-state index contributed by atoms with van der Waals surface area (Å²) in [5.74, 6) is -2.08. The maximum atomic E-state index is 13.4. The highest BCUT2D eigenvalue weighted by atomic mass is 32.1. The Kier molecular flexibility index (Phi) is 4.75. The number of ketones is 1. The van der Waals surface area contributed by atoms with Crippen molar-refractivity contribution in [2.75, 3.05) is 0 Å². The van der Waals surface area contributed by atoms with Crippen LogP contribution < -0.4 is 0 Å². The third kappa shape index (κ3) is 3.20. The molecule has 0 radical (unpaired) electrons. The minimum absolute atomic E-state index is 0.00464. The number of halogens is 1. The molecule has 1 amide bonds. The average Bonchev–Trinajstić information content (AvgIpc) is 3.33. The molecule has 1 aliphatic heterocycles. The van der Waals surface area contributed by atoms with Gasteiger partial charge in [0.2, 0.25) is 5.78 Å². The quantitative estimate of drug-likeness (QED) is 0.663. The molecule has 3 aromatic rings. The number of benzene rings is 1. The standard InChI is InChI=1S/C21H15FN2O3S/c22-14-8-6-13(7-9-14)18-17(19(25)16-5-3-11-28-16)20(26)21(27)24(18)12-15-4-1-2-10-23-15/h1-11,18,26H,12H2. The molecule has 4 rings (SSSR count). The molecule has 1 unspecified atom stereocenters. The predicted octanol–water partition coefficient (Wildman–Crippen LogP) is 4.06. The van der Waals surface area contributed by atoms with Crippen LogP contribution in [0.2, 0.25) is 0 Å². The fourth-order valence-electron chi connectivity index (χ4n) is 3.25. The summed E-state index contributed by atoms with van der Waals surface area (Å²) in [5.41, 5.74) is 1.14. The van der Waals surface area contributed by atoms with Crippen LogP contribution in [0.5, 0.6) is 0 Å². The van der Waals surface area contributed by atoms with Gasteiger partial charge in [0, 0.05) is 6.20 Å². The van der Waals surface area contributed by atoms with Crippen LogP contribution in [0.25, 0.3) is 0 Å². The molecular formula is C21H15FN2O3S. The molecule has 0 fully saturated rings. The van der Waals surface area contributed by atoms with E-state index in [1.54, 1.807) is 41.9 Å². The molecule has 0 saturated heterocycles. The van der Waals surface area contributed by atoms with Gasteiger partial charge in [0.25, 0.3) is 5.91 Å². The number of aromatic nitrogens is 1. The number of nitrogens with zero attached hydrogens (tertiary/aromatic N) is 2. The average molecular weight is 394 g/mol. The van der Waals surface area contributed by atoms with Crippen molar-refractivity contribution in [1.29, 1.82) is 0 Å². The van der Waals surface area contributed by atoms with Gasteiger partial charge in [0.1, 0.15) is 5.82 Å². The maximum absolute atomic E-state index is 13.4. The number of hydrogen-bond donors (Lipinski definition) is 1. The first kappa shape index (κ1) is 18.1. The summed E-state index contributed by atoms with van der Waals surface area (Å²) < 4.78 is 13.4. The van der Waals surface area contributed by atoms with Crippen LogP contribution in [0, 0.1) is 5.82 Å². The molecular weight excluding hydrogens is 379 g/mol. The molecule has 0 spiro atoms. The van der Waals surface area contributed by atoms with Crippen molar-refractivity contribution < 1.29 is 19.1 Å². The topological polar surface area (TPSA) is 70.5 Å². The second kappa shape index (κ2) is 7.36. The van der Waals surface area contributed by atoms with E-state index in [-0.39, 0.29) is 12.1 Å². The Morgan fingerprint density at radius 3 is 2.57 bits per heavy atom. The number of thiophene rings is 1. The van der Waals surface area contributed by atoms with E-state index in [2.05, 4.69) is 4.98 Å². The van der Waals surface area contributed by atoms with Crippen molar-refractivity contribution in [2.24, 2.45) is 0 Å². The Hall–Kier alpha value is -3.32. The Bertz CT molecular complexity index is 1050. The summed E-state index contributed by atoms with van der Waals surface area (Å²) in [6.45, 7) is 0.104. The number of carbonyl (C=O) groups excluding carboxylic acids is 2. The van der Waals surface area contributed by atoms with Crippen molar-refractivity contribution in [3.05, 3.63) is 99.5 Å². The molecule has 1 atom stereocenters. The van der Waals surface area contributed by atoms with E-state index in [1.165, 1.54) is 40.5 Å². The Labute approximate surface area is 164 Å². The molecule has 1 aliphatic rings. The molecule has 0 bridgehead atoms.